The molecular formula is C28H34N2O6. The maximum Gasteiger partial charge on any atom is 0.295 e. The number of amides is 1. The molecular weight excluding hydrogens is 460 g/mol. The van der Waals surface area contributed by atoms with E-state index < -0.39 is 17.7 Å². The standard InChI is InChI=1S/C28H34N2O6/c1-19(2)36-23-11-5-20(6-12-23)25-24(26(31)21-7-9-22(34-3)10-8-21)27(32)28(33)30(25)14-4-13-29-15-17-35-18-16-29/h5-12,19,25,31H,4,13-18H2,1-3H3/b26-24+/t25-/m0/s1. The van der Waals surface area contributed by atoms with Crippen LogP contribution >= 0.6 is 0 Å². The molecule has 192 valence electrons. The Bertz CT molecular complexity index is 1090. The fourth-order valence-corrected chi connectivity index (χ4v) is 4.65. The number of nitrogens with zero attached hydrogens (tertiary/aromatic N) is 2. The minimum atomic E-state index is -0.690. The third-order valence-corrected chi connectivity index (χ3v) is 6.45. The Morgan fingerprint density at radius 1 is 1.00 bits per heavy atom. The summed E-state index contributed by atoms with van der Waals surface area (Å²) >= 11 is 0. The lowest BCUT2D eigenvalue weighted by molar-refractivity contribution is -0.140. The van der Waals surface area contributed by atoms with Crippen LogP contribution in [0.3, 0.4) is 0 Å². The van der Waals surface area contributed by atoms with Crippen molar-refractivity contribution in [3.8, 4) is 11.5 Å². The van der Waals surface area contributed by atoms with Crippen molar-refractivity contribution in [3.63, 3.8) is 0 Å². The van der Waals surface area contributed by atoms with Gasteiger partial charge in [-0.1, -0.05) is 12.1 Å². The van der Waals surface area contributed by atoms with Crippen molar-refractivity contribution in [2.75, 3.05) is 46.5 Å². The van der Waals surface area contributed by atoms with Crippen LogP contribution in [0, 0.1) is 0 Å². The Hall–Kier alpha value is -3.36. The summed E-state index contributed by atoms with van der Waals surface area (Å²) in [5.41, 5.74) is 1.28. The van der Waals surface area contributed by atoms with E-state index in [2.05, 4.69) is 4.90 Å². The highest BCUT2D eigenvalue weighted by molar-refractivity contribution is 6.46. The van der Waals surface area contributed by atoms with Gasteiger partial charge in [0.2, 0.25) is 0 Å². The van der Waals surface area contributed by atoms with E-state index in [4.69, 9.17) is 14.2 Å². The first kappa shape index (κ1) is 25.7. The second-order valence-corrected chi connectivity index (χ2v) is 9.26. The van der Waals surface area contributed by atoms with Gasteiger partial charge in [-0.15, -0.1) is 0 Å². The molecule has 2 saturated heterocycles. The summed E-state index contributed by atoms with van der Waals surface area (Å²) in [5.74, 6) is -0.137. The summed E-state index contributed by atoms with van der Waals surface area (Å²) < 4.78 is 16.4. The molecule has 2 aromatic carbocycles. The van der Waals surface area contributed by atoms with Crippen molar-refractivity contribution in [1.29, 1.82) is 0 Å². The van der Waals surface area contributed by atoms with Crippen molar-refractivity contribution in [2.24, 2.45) is 0 Å². The molecule has 2 aliphatic rings. The quantitative estimate of drug-likeness (QED) is 0.324. The molecule has 0 spiro atoms. The monoisotopic (exact) mass is 494 g/mol. The molecule has 0 bridgehead atoms. The van der Waals surface area contributed by atoms with E-state index in [1.165, 1.54) is 0 Å². The third-order valence-electron chi connectivity index (χ3n) is 6.45. The highest BCUT2D eigenvalue weighted by atomic mass is 16.5. The van der Waals surface area contributed by atoms with Gasteiger partial charge in [-0.3, -0.25) is 14.5 Å². The van der Waals surface area contributed by atoms with Gasteiger partial charge >= 0.3 is 0 Å². The highest BCUT2D eigenvalue weighted by Gasteiger charge is 2.45. The van der Waals surface area contributed by atoms with Gasteiger partial charge in [-0.25, -0.2) is 0 Å². The van der Waals surface area contributed by atoms with E-state index in [9.17, 15) is 14.7 Å². The summed E-state index contributed by atoms with van der Waals surface area (Å²) in [6, 6.07) is 13.4. The minimum Gasteiger partial charge on any atom is -0.507 e. The first-order valence-electron chi connectivity index (χ1n) is 12.4. The predicted octanol–water partition coefficient (Wildman–Crippen LogP) is 3.63. The number of hydrogen-bond acceptors (Lipinski definition) is 7. The Balaban J connectivity index is 1.66. The molecule has 8 heteroatoms. The molecule has 36 heavy (non-hydrogen) atoms. The second kappa shape index (κ2) is 11.6. The number of likely N-dealkylation sites (tertiary alicyclic amines) is 1. The van der Waals surface area contributed by atoms with Crippen LogP contribution in [0.2, 0.25) is 0 Å². The molecule has 8 nitrogen and oxygen atoms in total. The van der Waals surface area contributed by atoms with Crippen LogP contribution in [0.1, 0.15) is 37.4 Å². The Labute approximate surface area is 212 Å². The number of aliphatic hydroxyl groups is 1. The lowest BCUT2D eigenvalue weighted by Gasteiger charge is -2.29. The van der Waals surface area contributed by atoms with E-state index in [0.29, 0.717) is 43.2 Å². The van der Waals surface area contributed by atoms with Gasteiger partial charge < -0.3 is 24.2 Å². The third kappa shape index (κ3) is 5.71. The lowest BCUT2D eigenvalue weighted by atomic mass is 9.95. The molecule has 0 aromatic heterocycles. The van der Waals surface area contributed by atoms with Gasteiger partial charge in [-0.2, -0.15) is 0 Å². The molecule has 0 radical (unpaired) electrons. The second-order valence-electron chi connectivity index (χ2n) is 9.26. The van der Waals surface area contributed by atoms with E-state index in [1.807, 2.05) is 38.1 Å². The number of aliphatic hydroxyl groups excluding tert-OH is 1. The highest BCUT2D eigenvalue weighted by Crippen LogP contribution is 2.40. The van der Waals surface area contributed by atoms with Crippen molar-refractivity contribution < 1.29 is 28.9 Å². The number of ether oxygens (including phenoxy) is 3. The molecule has 2 aromatic rings. The smallest absolute Gasteiger partial charge is 0.295 e. The van der Waals surface area contributed by atoms with Crippen LogP contribution in [0.4, 0.5) is 0 Å². The van der Waals surface area contributed by atoms with Gasteiger partial charge in [0.1, 0.15) is 17.3 Å². The summed E-state index contributed by atoms with van der Waals surface area (Å²) in [6.45, 7) is 8.23. The van der Waals surface area contributed by atoms with Gasteiger partial charge in [-0.05, 0) is 62.2 Å². The van der Waals surface area contributed by atoms with Crippen molar-refractivity contribution in [1.82, 2.24) is 9.80 Å². The average molecular weight is 495 g/mol. The number of methoxy groups -OCH3 is 1. The van der Waals surface area contributed by atoms with Gasteiger partial charge in [0.05, 0.1) is 38.0 Å². The summed E-state index contributed by atoms with van der Waals surface area (Å²) in [7, 11) is 1.56. The molecule has 2 heterocycles. The molecule has 2 aliphatic heterocycles. The lowest BCUT2D eigenvalue weighted by Crippen LogP contribution is -2.38. The SMILES string of the molecule is COc1ccc(/C(O)=C2\C(=O)C(=O)N(CCCN3CCOCC3)[C@H]2c2ccc(OC(C)C)cc2)cc1. The minimum absolute atomic E-state index is 0.0248. The first-order valence-corrected chi connectivity index (χ1v) is 12.4. The van der Waals surface area contributed by atoms with Crippen LogP contribution in [0.15, 0.2) is 54.1 Å². The maximum absolute atomic E-state index is 13.2. The summed E-state index contributed by atoms with van der Waals surface area (Å²) in [4.78, 5) is 30.3. The molecule has 1 amide bonds. The zero-order chi connectivity index (χ0) is 25.7. The van der Waals surface area contributed by atoms with Gasteiger partial charge in [0, 0.05) is 31.7 Å². The van der Waals surface area contributed by atoms with E-state index >= 15 is 0 Å². The number of carbonyl (C=O) groups is 2. The van der Waals surface area contributed by atoms with Crippen LogP contribution in [-0.2, 0) is 14.3 Å². The number of rotatable bonds is 9. The number of hydrogen-bond donors (Lipinski definition) is 1. The van der Waals surface area contributed by atoms with Gasteiger partial charge in [0.25, 0.3) is 11.7 Å². The normalized spacial score (nSPS) is 20.2. The summed E-state index contributed by atoms with van der Waals surface area (Å²) in [5, 5.41) is 11.2. The number of carbonyl (C=O) groups excluding carboxylic acids is 2. The molecule has 0 aliphatic carbocycles. The molecule has 1 atom stereocenters. The van der Waals surface area contributed by atoms with Crippen LogP contribution in [0.25, 0.3) is 5.76 Å². The van der Waals surface area contributed by atoms with E-state index in [0.717, 1.165) is 25.2 Å². The fraction of sp³-hybridized carbons (Fsp3) is 0.429. The number of ketones is 1. The van der Waals surface area contributed by atoms with Crippen LogP contribution < -0.4 is 9.47 Å². The van der Waals surface area contributed by atoms with E-state index in [-0.39, 0.29) is 17.4 Å². The first-order chi connectivity index (χ1) is 17.4. The molecule has 2 fully saturated rings. The molecule has 0 saturated carbocycles. The van der Waals surface area contributed by atoms with Crippen LogP contribution in [-0.4, -0.2) is 79.2 Å². The molecule has 0 unspecified atom stereocenters. The number of Topliss-reactive ketones (excluding diaryl/α,β-unsaturated/α-hetero) is 1. The topological polar surface area (TPSA) is 88.5 Å². The van der Waals surface area contributed by atoms with Gasteiger partial charge in [0.15, 0.2) is 0 Å². The zero-order valence-corrected chi connectivity index (χ0v) is 21.1. The maximum atomic E-state index is 13.2. The summed E-state index contributed by atoms with van der Waals surface area (Å²) in [6.07, 6.45) is 0.734. The number of morpholine rings is 1. The molecule has 1 N–H and O–H groups in total. The number of benzene rings is 2. The Kier molecular flexibility index (Phi) is 8.28. The van der Waals surface area contributed by atoms with Crippen molar-refractivity contribution in [2.45, 2.75) is 32.4 Å². The zero-order valence-electron chi connectivity index (χ0n) is 21.1. The van der Waals surface area contributed by atoms with Crippen molar-refractivity contribution in [3.05, 3.63) is 65.2 Å². The predicted molar refractivity (Wildman–Crippen MR) is 136 cm³/mol. The van der Waals surface area contributed by atoms with Crippen LogP contribution in [0.5, 0.6) is 11.5 Å². The Morgan fingerprint density at radius 3 is 2.25 bits per heavy atom. The largest absolute Gasteiger partial charge is 0.507 e. The molecule has 4 rings (SSSR count). The van der Waals surface area contributed by atoms with Crippen molar-refractivity contribution >= 4 is 17.4 Å². The Morgan fingerprint density at radius 2 is 1.64 bits per heavy atom. The average Bonchev–Trinajstić information content (AvgIpc) is 3.14. The fourth-order valence-electron chi connectivity index (χ4n) is 4.65. The van der Waals surface area contributed by atoms with E-state index in [1.54, 1.807) is 36.3 Å².